The number of aryl methyl sites for hydroxylation is 1. The summed E-state index contributed by atoms with van der Waals surface area (Å²) in [5.74, 6) is -0.259. The molecule has 0 N–H and O–H groups in total. The average Bonchev–Trinajstić information content (AvgIpc) is 3.20. The molecule has 0 amide bonds. The summed E-state index contributed by atoms with van der Waals surface area (Å²) in [6.45, 7) is 3.94. The summed E-state index contributed by atoms with van der Waals surface area (Å²) in [6, 6.07) is 16.0. The zero-order chi connectivity index (χ0) is 22.0. The van der Waals surface area contributed by atoms with Crippen LogP contribution in [0.15, 0.2) is 66.1 Å². The van der Waals surface area contributed by atoms with Crippen LogP contribution < -0.4 is 0 Å². The number of hydrogen-bond donors (Lipinski definition) is 0. The second-order valence-electron chi connectivity index (χ2n) is 7.13. The van der Waals surface area contributed by atoms with Crippen molar-refractivity contribution in [1.82, 2.24) is 14.5 Å². The van der Waals surface area contributed by atoms with Gasteiger partial charge in [0.25, 0.3) is 0 Å². The number of fused-ring (bicyclic) bond motifs is 1. The Bertz CT molecular complexity index is 1240. The van der Waals surface area contributed by atoms with E-state index in [0.717, 1.165) is 38.4 Å². The van der Waals surface area contributed by atoms with E-state index in [0.29, 0.717) is 11.4 Å². The van der Waals surface area contributed by atoms with Crippen LogP contribution in [0.5, 0.6) is 0 Å². The maximum absolute atomic E-state index is 12.2. The molecule has 7 heteroatoms. The number of carbonyl (C=O) groups is 1. The fourth-order valence-electron chi connectivity index (χ4n) is 3.45. The first kappa shape index (κ1) is 21.4. The van der Waals surface area contributed by atoms with E-state index in [4.69, 9.17) is 16.3 Å². The van der Waals surface area contributed by atoms with E-state index < -0.39 is 0 Å². The Balaban J connectivity index is 1.95. The summed E-state index contributed by atoms with van der Waals surface area (Å²) in [7, 11) is 1.41. The highest BCUT2D eigenvalue weighted by molar-refractivity contribution is 8.00. The zero-order valence-electron chi connectivity index (χ0n) is 17.5. The number of aromatic nitrogens is 3. The van der Waals surface area contributed by atoms with Crippen molar-refractivity contribution in [3.05, 3.63) is 71.6 Å². The lowest BCUT2D eigenvalue weighted by molar-refractivity contribution is -0.140. The van der Waals surface area contributed by atoms with Crippen molar-refractivity contribution in [1.29, 1.82) is 0 Å². The minimum absolute atomic E-state index is 0.259. The maximum Gasteiger partial charge on any atom is 0.319 e. The molecule has 31 heavy (non-hydrogen) atoms. The van der Waals surface area contributed by atoms with Crippen molar-refractivity contribution in [2.75, 3.05) is 7.11 Å². The van der Waals surface area contributed by atoms with Crippen LogP contribution in [-0.4, -0.2) is 32.9 Å². The predicted octanol–water partition coefficient (Wildman–Crippen LogP) is 6.09. The second-order valence-corrected chi connectivity index (χ2v) is 8.73. The smallest absolute Gasteiger partial charge is 0.319 e. The van der Waals surface area contributed by atoms with Crippen LogP contribution in [0.25, 0.3) is 27.8 Å². The number of esters is 1. The molecule has 5 nitrogen and oxygen atoms in total. The van der Waals surface area contributed by atoms with Crippen molar-refractivity contribution in [3.8, 4) is 16.8 Å². The Kier molecular flexibility index (Phi) is 6.30. The molecule has 0 saturated carbocycles. The summed E-state index contributed by atoms with van der Waals surface area (Å²) in [5.41, 5.74) is 4.73. The molecule has 0 aliphatic carbocycles. The molecule has 0 aliphatic heterocycles. The van der Waals surface area contributed by atoms with Gasteiger partial charge in [-0.05, 0) is 36.6 Å². The molecule has 2 heterocycles. The van der Waals surface area contributed by atoms with Crippen molar-refractivity contribution in [2.45, 2.75) is 30.5 Å². The molecule has 0 spiro atoms. The quantitative estimate of drug-likeness (QED) is 0.201. The van der Waals surface area contributed by atoms with Gasteiger partial charge in [-0.25, -0.2) is 9.97 Å². The van der Waals surface area contributed by atoms with Gasteiger partial charge in [0.2, 0.25) is 0 Å². The van der Waals surface area contributed by atoms with Gasteiger partial charge in [-0.3, -0.25) is 4.79 Å². The lowest BCUT2D eigenvalue weighted by Crippen LogP contribution is -2.17. The molecule has 2 aromatic heterocycles. The molecule has 0 bridgehead atoms. The summed E-state index contributed by atoms with van der Waals surface area (Å²) >= 11 is 7.82. The number of thioether (sulfide) groups is 1. The van der Waals surface area contributed by atoms with Crippen LogP contribution in [0, 0.1) is 6.92 Å². The van der Waals surface area contributed by atoms with Crippen LogP contribution in [0.1, 0.15) is 18.9 Å². The number of carbonyl (C=O) groups excluding carboxylic acids is 1. The highest BCUT2D eigenvalue weighted by Gasteiger charge is 2.24. The molecule has 0 aliphatic rings. The van der Waals surface area contributed by atoms with Crippen molar-refractivity contribution in [3.63, 3.8) is 0 Å². The molecular weight excluding hydrogens is 430 g/mol. The Morgan fingerprint density at radius 1 is 1.19 bits per heavy atom. The third-order valence-electron chi connectivity index (χ3n) is 5.16. The van der Waals surface area contributed by atoms with Gasteiger partial charge in [0.15, 0.2) is 0 Å². The monoisotopic (exact) mass is 451 g/mol. The topological polar surface area (TPSA) is 57.0 Å². The Hall–Kier alpha value is -2.83. The fourth-order valence-corrected chi connectivity index (χ4v) is 4.68. The molecule has 0 saturated heterocycles. The van der Waals surface area contributed by atoms with E-state index in [9.17, 15) is 4.79 Å². The minimum Gasteiger partial charge on any atom is -0.468 e. The number of methoxy groups -OCH3 is 1. The molecule has 158 valence electrons. The minimum atomic E-state index is -0.344. The highest BCUT2D eigenvalue weighted by atomic mass is 35.5. The summed E-state index contributed by atoms with van der Waals surface area (Å²) in [6.07, 6.45) is 4.23. The van der Waals surface area contributed by atoms with Gasteiger partial charge in [0.1, 0.15) is 22.3 Å². The number of halogens is 1. The van der Waals surface area contributed by atoms with E-state index in [1.807, 2.05) is 54.8 Å². The fraction of sp³-hybridized carbons (Fsp3) is 0.208. The van der Waals surface area contributed by atoms with Gasteiger partial charge in [-0.1, -0.05) is 66.7 Å². The van der Waals surface area contributed by atoms with Crippen molar-refractivity contribution >= 4 is 40.4 Å². The van der Waals surface area contributed by atoms with E-state index in [1.54, 1.807) is 0 Å². The summed E-state index contributed by atoms with van der Waals surface area (Å²) < 4.78 is 7.00. The van der Waals surface area contributed by atoms with Gasteiger partial charge in [-0.2, -0.15) is 0 Å². The molecular formula is C24H22ClN3O2S. The van der Waals surface area contributed by atoms with E-state index in [-0.39, 0.29) is 11.2 Å². The van der Waals surface area contributed by atoms with Gasteiger partial charge >= 0.3 is 5.97 Å². The SMILES string of the molecule is CC[C@H](Sc1ncnc2c1c(-c1ccccc1)cn2-c1ccc(C)c(Cl)c1)C(=O)OC. The predicted molar refractivity (Wildman–Crippen MR) is 126 cm³/mol. The largest absolute Gasteiger partial charge is 0.468 e. The van der Waals surface area contributed by atoms with Crippen LogP contribution in [0.4, 0.5) is 0 Å². The van der Waals surface area contributed by atoms with Gasteiger partial charge in [-0.15, -0.1) is 0 Å². The van der Waals surface area contributed by atoms with Gasteiger partial charge in [0.05, 0.1) is 12.5 Å². The number of hydrogen-bond acceptors (Lipinski definition) is 5. The molecule has 0 radical (unpaired) electrons. The third kappa shape index (κ3) is 4.18. The number of rotatable bonds is 6. The van der Waals surface area contributed by atoms with Crippen LogP contribution in [-0.2, 0) is 9.53 Å². The third-order valence-corrected chi connectivity index (χ3v) is 6.91. The first-order valence-electron chi connectivity index (χ1n) is 9.96. The number of benzene rings is 2. The van der Waals surface area contributed by atoms with E-state index >= 15 is 0 Å². The lowest BCUT2D eigenvalue weighted by atomic mass is 10.1. The first-order valence-corrected chi connectivity index (χ1v) is 11.2. The van der Waals surface area contributed by atoms with Crippen molar-refractivity contribution < 1.29 is 9.53 Å². The molecule has 1 atom stereocenters. The van der Waals surface area contributed by atoms with Crippen molar-refractivity contribution in [2.24, 2.45) is 0 Å². The van der Waals surface area contributed by atoms with Gasteiger partial charge in [0, 0.05) is 22.5 Å². The lowest BCUT2D eigenvalue weighted by Gasteiger charge is -2.12. The number of nitrogens with zero attached hydrogens (tertiary/aromatic N) is 3. The van der Waals surface area contributed by atoms with E-state index in [1.165, 1.54) is 25.2 Å². The van der Waals surface area contributed by atoms with Crippen LogP contribution in [0.2, 0.25) is 5.02 Å². The average molecular weight is 452 g/mol. The Morgan fingerprint density at radius 3 is 2.65 bits per heavy atom. The standard InChI is InChI=1S/C24H22ClN3O2S/c1-4-20(24(29)30-3)31-23-21-18(16-8-6-5-7-9-16)13-28(22(21)26-14-27-23)17-11-10-15(2)19(25)12-17/h5-14,20H,4H2,1-3H3/t20-/m0/s1. The molecule has 0 unspecified atom stereocenters. The maximum atomic E-state index is 12.2. The summed E-state index contributed by atoms with van der Waals surface area (Å²) in [4.78, 5) is 21.4. The van der Waals surface area contributed by atoms with E-state index in [2.05, 4.69) is 28.3 Å². The molecule has 4 rings (SSSR count). The molecule has 4 aromatic rings. The Morgan fingerprint density at radius 2 is 1.97 bits per heavy atom. The summed E-state index contributed by atoms with van der Waals surface area (Å²) in [5, 5.41) is 2.00. The number of ether oxygens (including phenoxy) is 1. The molecule has 0 fully saturated rings. The van der Waals surface area contributed by atoms with Crippen LogP contribution >= 0.6 is 23.4 Å². The van der Waals surface area contributed by atoms with Gasteiger partial charge < -0.3 is 9.30 Å². The normalized spacial score (nSPS) is 12.1. The Labute approximate surface area is 190 Å². The first-order chi connectivity index (χ1) is 15.0. The molecule has 2 aromatic carbocycles. The highest BCUT2D eigenvalue weighted by Crippen LogP contribution is 2.39. The van der Waals surface area contributed by atoms with Crippen LogP contribution in [0.3, 0.4) is 0 Å². The second kappa shape index (κ2) is 9.12. The zero-order valence-corrected chi connectivity index (χ0v) is 19.1.